The Morgan fingerprint density at radius 3 is 2.80 bits per heavy atom. The highest BCUT2D eigenvalue weighted by atomic mass is 35.5. The van der Waals surface area contributed by atoms with Crippen molar-refractivity contribution in [3.05, 3.63) is 63.6 Å². The normalized spacial score (nSPS) is 16.9. The molecular weight excluding hydrogens is 342 g/mol. The van der Waals surface area contributed by atoms with Crippen molar-refractivity contribution < 1.29 is 9.53 Å². The molecule has 1 aliphatic rings. The number of rotatable bonds is 3. The van der Waals surface area contributed by atoms with Gasteiger partial charge in [-0.1, -0.05) is 18.2 Å². The van der Waals surface area contributed by atoms with Crippen LogP contribution >= 0.6 is 12.4 Å². The number of carbonyl (C=O) groups excluding carboxylic acids is 1. The molecule has 1 aromatic carbocycles. The molecule has 2 aromatic rings. The molecule has 25 heavy (non-hydrogen) atoms. The van der Waals surface area contributed by atoms with Gasteiger partial charge in [0.05, 0.1) is 18.7 Å². The van der Waals surface area contributed by atoms with Crippen LogP contribution in [-0.2, 0) is 0 Å². The summed E-state index contributed by atoms with van der Waals surface area (Å²) in [5.74, 6) is 0.684. The molecule has 2 N–H and O–H groups in total. The van der Waals surface area contributed by atoms with Gasteiger partial charge in [0.15, 0.2) is 0 Å². The van der Waals surface area contributed by atoms with E-state index in [1.165, 1.54) is 12.3 Å². The Labute approximate surface area is 152 Å². The zero-order valence-corrected chi connectivity index (χ0v) is 15.1. The maximum atomic E-state index is 13.1. The third-order valence-corrected chi connectivity index (χ3v) is 4.36. The molecular formula is C18H22ClN3O3. The maximum absolute atomic E-state index is 13.1. The van der Waals surface area contributed by atoms with Crippen LogP contribution in [0.2, 0.25) is 0 Å². The average molecular weight is 364 g/mol. The standard InChI is InChI=1S/C18H21N3O3.ClH/c1-12-9-17(22)20-10-14(12)18(23)21-8-7-19-11-15(21)13-5-3-4-6-16(13)24-2;/h3-6,9-10,15,19H,7-8,11H2,1-2H3,(H,20,22);1H. The number of para-hydroxylation sites is 1. The molecule has 0 radical (unpaired) electrons. The number of methoxy groups -OCH3 is 1. The van der Waals surface area contributed by atoms with Gasteiger partial charge >= 0.3 is 0 Å². The molecule has 1 saturated heterocycles. The van der Waals surface area contributed by atoms with Crippen LogP contribution in [0.25, 0.3) is 0 Å². The largest absolute Gasteiger partial charge is 0.496 e. The number of nitrogens with one attached hydrogen (secondary N) is 2. The number of amides is 1. The van der Waals surface area contributed by atoms with E-state index in [0.717, 1.165) is 17.9 Å². The van der Waals surface area contributed by atoms with Gasteiger partial charge in [0, 0.05) is 37.5 Å². The Bertz CT molecular complexity index is 806. The first-order valence-corrected chi connectivity index (χ1v) is 7.95. The van der Waals surface area contributed by atoms with E-state index >= 15 is 0 Å². The van der Waals surface area contributed by atoms with Crippen LogP contribution in [-0.4, -0.2) is 42.5 Å². The molecule has 1 amide bonds. The highest BCUT2D eigenvalue weighted by Gasteiger charge is 2.31. The summed E-state index contributed by atoms with van der Waals surface area (Å²) >= 11 is 0. The zero-order chi connectivity index (χ0) is 17.1. The van der Waals surface area contributed by atoms with E-state index in [-0.39, 0.29) is 29.9 Å². The van der Waals surface area contributed by atoms with Gasteiger partial charge in [-0.25, -0.2) is 0 Å². The lowest BCUT2D eigenvalue weighted by Gasteiger charge is -2.37. The number of pyridine rings is 1. The zero-order valence-electron chi connectivity index (χ0n) is 14.2. The molecule has 1 fully saturated rings. The Hall–Kier alpha value is -2.31. The Kier molecular flexibility index (Phi) is 6.22. The average Bonchev–Trinajstić information content (AvgIpc) is 2.61. The lowest BCUT2D eigenvalue weighted by molar-refractivity contribution is 0.0630. The summed E-state index contributed by atoms with van der Waals surface area (Å²) in [7, 11) is 1.63. The Morgan fingerprint density at radius 1 is 1.32 bits per heavy atom. The fraction of sp³-hybridized carbons (Fsp3) is 0.333. The quantitative estimate of drug-likeness (QED) is 0.873. The second kappa shape index (κ2) is 8.18. The lowest BCUT2D eigenvalue weighted by Crippen LogP contribution is -2.49. The van der Waals surface area contributed by atoms with Gasteiger partial charge in [-0.2, -0.15) is 0 Å². The van der Waals surface area contributed by atoms with Crippen molar-refractivity contribution in [2.45, 2.75) is 13.0 Å². The number of ether oxygens (including phenoxy) is 1. The number of aromatic amines is 1. The van der Waals surface area contributed by atoms with Gasteiger partial charge in [0.2, 0.25) is 5.56 Å². The molecule has 0 spiro atoms. The monoisotopic (exact) mass is 363 g/mol. The van der Waals surface area contributed by atoms with Crippen LogP contribution in [0.4, 0.5) is 0 Å². The number of benzene rings is 1. The number of halogens is 1. The van der Waals surface area contributed by atoms with Gasteiger partial charge in [-0.05, 0) is 18.6 Å². The number of piperazine rings is 1. The predicted octanol–water partition coefficient (Wildman–Crippen LogP) is 1.90. The second-order valence-corrected chi connectivity index (χ2v) is 5.85. The summed E-state index contributed by atoms with van der Waals surface area (Å²) < 4.78 is 5.46. The Morgan fingerprint density at radius 2 is 2.08 bits per heavy atom. The van der Waals surface area contributed by atoms with Crippen LogP contribution in [0.1, 0.15) is 27.5 Å². The van der Waals surface area contributed by atoms with E-state index in [4.69, 9.17) is 4.74 Å². The fourth-order valence-electron chi connectivity index (χ4n) is 3.13. The van der Waals surface area contributed by atoms with E-state index in [1.807, 2.05) is 29.2 Å². The van der Waals surface area contributed by atoms with Crippen LogP contribution in [0, 0.1) is 6.92 Å². The molecule has 0 aliphatic carbocycles. The van der Waals surface area contributed by atoms with Crippen LogP contribution < -0.4 is 15.6 Å². The number of nitrogens with zero attached hydrogens (tertiary/aromatic N) is 1. The predicted molar refractivity (Wildman–Crippen MR) is 98.7 cm³/mol. The van der Waals surface area contributed by atoms with Gasteiger partial charge in [0.1, 0.15) is 5.75 Å². The number of carbonyl (C=O) groups is 1. The SMILES string of the molecule is COc1ccccc1C1CNCCN1C(=O)c1c[nH]c(=O)cc1C.Cl. The van der Waals surface area contributed by atoms with Crippen molar-refractivity contribution in [3.63, 3.8) is 0 Å². The first-order valence-electron chi connectivity index (χ1n) is 7.95. The summed E-state index contributed by atoms with van der Waals surface area (Å²) in [5.41, 5.74) is 1.98. The highest BCUT2D eigenvalue weighted by Crippen LogP contribution is 2.31. The molecule has 3 rings (SSSR count). The topological polar surface area (TPSA) is 74.4 Å². The smallest absolute Gasteiger partial charge is 0.256 e. The number of hydrogen-bond acceptors (Lipinski definition) is 4. The fourth-order valence-corrected chi connectivity index (χ4v) is 3.13. The van der Waals surface area contributed by atoms with Crippen LogP contribution in [0.3, 0.4) is 0 Å². The first kappa shape index (κ1) is 19.0. The number of aryl methyl sites for hydroxylation is 1. The molecule has 6 nitrogen and oxygen atoms in total. The number of hydrogen-bond donors (Lipinski definition) is 2. The van der Waals surface area contributed by atoms with Crippen molar-refractivity contribution in [2.24, 2.45) is 0 Å². The summed E-state index contributed by atoms with van der Waals surface area (Å²) in [5, 5.41) is 3.34. The van der Waals surface area contributed by atoms with E-state index < -0.39 is 0 Å². The first-order chi connectivity index (χ1) is 11.6. The van der Waals surface area contributed by atoms with Crippen molar-refractivity contribution in [2.75, 3.05) is 26.7 Å². The molecule has 134 valence electrons. The van der Waals surface area contributed by atoms with E-state index in [2.05, 4.69) is 10.3 Å². The van der Waals surface area contributed by atoms with Crippen molar-refractivity contribution >= 4 is 18.3 Å². The highest BCUT2D eigenvalue weighted by molar-refractivity contribution is 5.95. The maximum Gasteiger partial charge on any atom is 0.256 e. The van der Waals surface area contributed by atoms with Crippen molar-refractivity contribution in [3.8, 4) is 5.75 Å². The summed E-state index contributed by atoms with van der Waals surface area (Å²) in [4.78, 5) is 28.9. The van der Waals surface area contributed by atoms with Gasteiger partial charge < -0.3 is 19.9 Å². The van der Waals surface area contributed by atoms with Crippen LogP contribution in [0.15, 0.2) is 41.3 Å². The Balaban J connectivity index is 0.00000225. The second-order valence-electron chi connectivity index (χ2n) is 5.85. The number of aromatic nitrogens is 1. The van der Waals surface area contributed by atoms with E-state index in [1.54, 1.807) is 14.0 Å². The molecule has 7 heteroatoms. The molecule has 0 saturated carbocycles. The lowest BCUT2D eigenvalue weighted by atomic mass is 10.0. The molecule has 1 unspecified atom stereocenters. The van der Waals surface area contributed by atoms with E-state index in [0.29, 0.717) is 24.2 Å². The summed E-state index contributed by atoms with van der Waals surface area (Å²) in [6, 6.07) is 9.08. The molecule has 2 heterocycles. The number of H-pyrrole nitrogens is 1. The minimum atomic E-state index is -0.203. The van der Waals surface area contributed by atoms with Crippen molar-refractivity contribution in [1.82, 2.24) is 15.2 Å². The summed E-state index contributed by atoms with van der Waals surface area (Å²) in [6.45, 7) is 3.77. The van der Waals surface area contributed by atoms with Crippen molar-refractivity contribution in [1.29, 1.82) is 0 Å². The minimum absolute atomic E-state index is 0. The van der Waals surface area contributed by atoms with Gasteiger partial charge in [-0.3, -0.25) is 9.59 Å². The van der Waals surface area contributed by atoms with E-state index in [9.17, 15) is 9.59 Å². The molecule has 1 aliphatic heterocycles. The molecule has 0 bridgehead atoms. The third-order valence-electron chi connectivity index (χ3n) is 4.36. The molecule has 1 atom stereocenters. The summed E-state index contributed by atoms with van der Waals surface area (Å²) in [6.07, 6.45) is 1.50. The van der Waals surface area contributed by atoms with Gasteiger partial charge in [-0.15, -0.1) is 12.4 Å². The third kappa shape index (κ3) is 3.86. The molecule has 1 aromatic heterocycles. The van der Waals surface area contributed by atoms with Crippen LogP contribution in [0.5, 0.6) is 5.75 Å². The van der Waals surface area contributed by atoms with Gasteiger partial charge in [0.25, 0.3) is 5.91 Å². The minimum Gasteiger partial charge on any atom is -0.496 e.